The monoisotopic (exact) mass is 346 g/mol. The summed E-state index contributed by atoms with van der Waals surface area (Å²) in [5.74, 6) is 3.45. The number of hydrogen-bond acceptors (Lipinski definition) is 3. The fourth-order valence-electron chi connectivity index (χ4n) is 5.37. The Morgan fingerprint density at radius 1 is 1.08 bits per heavy atom. The molecule has 4 aliphatic rings. The lowest BCUT2D eigenvalue weighted by atomic mass is 9.54. The van der Waals surface area contributed by atoms with Crippen LogP contribution in [-0.2, 0) is 4.79 Å². The van der Waals surface area contributed by atoms with E-state index in [4.69, 9.17) is 0 Å². The summed E-state index contributed by atoms with van der Waals surface area (Å²) in [5, 5.41) is 9.95. The zero-order valence-corrected chi connectivity index (χ0v) is 14.8. The van der Waals surface area contributed by atoms with Gasteiger partial charge in [0.05, 0.1) is 0 Å². The predicted molar refractivity (Wildman–Crippen MR) is 94.9 cm³/mol. The van der Waals surface area contributed by atoms with Crippen LogP contribution in [0.15, 0.2) is 16.8 Å². The first kappa shape index (κ1) is 16.1. The van der Waals surface area contributed by atoms with Gasteiger partial charge in [-0.2, -0.15) is 11.3 Å². The van der Waals surface area contributed by atoms with Crippen LogP contribution in [-0.4, -0.2) is 24.4 Å². The van der Waals surface area contributed by atoms with Gasteiger partial charge in [0.1, 0.15) is 0 Å². The molecule has 0 atom stereocenters. The second-order valence-electron chi connectivity index (χ2n) is 7.90. The number of thiophene rings is 1. The van der Waals surface area contributed by atoms with E-state index in [0.717, 1.165) is 23.7 Å². The molecule has 0 saturated heterocycles. The van der Waals surface area contributed by atoms with Gasteiger partial charge in [0, 0.05) is 30.0 Å². The molecule has 1 heterocycles. The molecular weight excluding hydrogens is 320 g/mol. The van der Waals surface area contributed by atoms with Gasteiger partial charge >= 0.3 is 0 Å². The number of rotatable bonds is 6. The number of carbonyl (C=O) groups is 2. The molecule has 0 aromatic carbocycles. The standard InChI is InChI=1S/C19H26N2O2S/c22-17(2-1-4-20-19(23)14-3-5-24-11-14)21-18-15-7-12-6-13(9-15)10-16(18)8-12/h3,5,11-13,15-16,18H,1-2,4,6-10H2,(H,20,23)(H,21,22). The minimum Gasteiger partial charge on any atom is -0.353 e. The summed E-state index contributed by atoms with van der Waals surface area (Å²) in [4.78, 5) is 24.1. The molecule has 5 heteroatoms. The second-order valence-corrected chi connectivity index (χ2v) is 8.68. The lowest BCUT2D eigenvalue weighted by molar-refractivity contribution is -0.125. The van der Waals surface area contributed by atoms with Gasteiger partial charge in [0.15, 0.2) is 0 Å². The van der Waals surface area contributed by atoms with Crippen molar-refractivity contribution in [3.63, 3.8) is 0 Å². The van der Waals surface area contributed by atoms with Crippen molar-refractivity contribution in [2.75, 3.05) is 6.54 Å². The summed E-state index contributed by atoms with van der Waals surface area (Å²) in [5.41, 5.74) is 0.707. The second kappa shape index (κ2) is 6.87. The highest BCUT2D eigenvalue weighted by Crippen LogP contribution is 2.53. The van der Waals surface area contributed by atoms with E-state index >= 15 is 0 Å². The third-order valence-corrected chi connectivity index (χ3v) is 6.89. The van der Waals surface area contributed by atoms with Gasteiger partial charge in [-0.15, -0.1) is 0 Å². The molecular formula is C19H26N2O2S. The lowest BCUT2D eigenvalue weighted by Gasteiger charge is -2.54. The maximum atomic E-state index is 12.3. The van der Waals surface area contributed by atoms with Crippen LogP contribution in [0.1, 0.15) is 55.3 Å². The molecule has 130 valence electrons. The van der Waals surface area contributed by atoms with E-state index in [1.165, 1.54) is 43.4 Å². The normalized spacial score (nSPS) is 33.4. The fraction of sp³-hybridized carbons (Fsp3) is 0.684. The Morgan fingerprint density at radius 3 is 2.42 bits per heavy atom. The average Bonchev–Trinajstić information content (AvgIpc) is 3.09. The maximum absolute atomic E-state index is 12.3. The first-order valence-corrected chi connectivity index (χ1v) is 10.2. The van der Waals surface area contributed by atoms with Crippen LogP contribution in [0.25, 0.3) is 0 Å². The molecule has 0 unspecified atom stereocenters. The van der Waals surface area contributed by atoms with Crippen molar-refractivity contribution >= 4 is 23.2 Å². The number of amides is 2. The van der Waals surface area contributed by atoms with Crippen molar-refractivity contribution in [3.8, 4) is 0 Å². The van der Waals surface area contributed by atoms with E-state index in [1.54, 1.807) is 0 Å². The van der Waals surface area contributed by atoms with Crippen LogP contribution >= 0.6 is 11.3 Å². The van der Waals surface area contributed by atoms with Gasteiger partial charge in [-0.25, -0.2) is 0 Å². The zero-order chi connectivity index (χ0) is 16.5. The van der Waals surface area contributed by atoms with E-state index in [1.807, 2.05) is 16.8 Å². The molecule has 2 amide bonds. The molecule has 4 saturated carbocycles. The summed E-state index contributed by atoms with van der Waals surface area (Å²) in [6.45, 7) is 0.559. The van der Waals surface area contributed by atoms with Crippen molar-refractivity contribution in [2.24, 2.45) is 23.7 Å². The molecule has 0 radical (unpaired) electrons. The van der Waals surface area contributed by atoms with Gasteiger partial charge in [0.25, 0.3) is 5.91 Å². The van der Waals surface area contributed by atoms with E-state index in [-0.39, 0.29) is 11.8 Å². The number of nitrogens with one attached hydrogen (secondary N) is 2. The highest BCUT2D eigenvalue weighted by atomic mass is 32.1. The topological polar surface area (TPSA) is 58.2 Å². The summed E-state index contributed by atoms with van der Waals surface area (Å²) >= 11 is 1.52. The number of hydrogen-bond donors (Lipinski definition) is 2. The minimum absolute atomic E-state index is 0.0438. The van der Waals surface area contributed by atoms with E-state index in [9.17, 15) is 9.59 Å². The Bertz CT molecular complexity index is 571. The molecule has 4 bridgehead atoms. The van der Waals surface area contributed by atoms with Crippen molar-refractivity contribution in [1.82, 2.24) is 10.6 Å². The summed E-state index contributed by atoms with van der Waals surface area (Å²) in [7, 11) is 0. The lowest BCUT2D eigenvalue weighted by Crippen LogP contribution is -2.55. The number of carbonyl (C=O) groups excluding carboxylic acids is 2. The van der Waals surface area contributed by atoms with E-state index in [2.05, 4.69) is 10.6 Å². The SMILES string of the molecule is O=C(CCCNC(=O)c1ccsc1)NC1C2CC3CC(C2)CC1C3. The van der Waals surface area contributed by atoms with Crippen LogP contribution in [0.2, 0.25) is 0 Å². The Morgan fingerprint density at radius 2 is 1.79 bits per heavy atom. The molecule has 5 rings (SSSR count). The third kappa shape index (κ3) is 3.37. The molecule has 2 N–H and O–H groups in total. The smallest absolute Gasteiger partial charge is 0.252 e. The molecule has 24 heavy (non-hydrogen) atoms. The van der Waals surface area contributed by atoms with Crippen LogP contribution in [0.5, 0.6) is 0 Å². The van der Waals surface area contributed by atoms with Crippen LogP contribution in [0.3, 0.4) is 0 Å². The molecule has 0 spiro atoms. The van der Waals surface area contributed by atoms with Gasteiger partial charge in [-0.1, -0.05) is 0 Å². The Kier molecular flexibility index (Phi) is 4.61. The Balaban J connectivity index is 1.18. The van der Waals surface area contributed by atoms with Crippen LogP contribution in [0, 0.1) is 23.7 Å². The van der Waals surface area contributed by atoms with Gasteiger partial charge in [0.2, 0.25) is 5.91 Å². The van der Waals surface area contributed by atoms with Gasteiger partial charge in [-0.05, 0) is 73.6 Å². The van der Waals surface area contributed by atoms with Gasteiger partial charge in [-0.3, -0.25) is 9.59 Å². The maximum Gasteiger partial charge on any atom is 0.252 e. The first-order chi connectivity index (χ1) is 11.7. The molecule has 4 fully saturated rings. The third-order valence-electron chi connectivity index (χ3n) is 6.20. The van der Waals surface area contributed by atoms with Crippen molar-refractivity contribution in [1.29, 1.82) is 0 Å². The van der Waals surface area contributed by atoms with Gasteiger partial charge < -0.3 is 10.6 Å². The fourth-order valence-corrected chi connectivity index (χ4v) is 6.00. The predicted octanol–water partition coefficient (Wildman–Crippen LogP) is 3.20. The molecule has 1 aromatic rings. The molecule has 1 aromatic heterocycles. The largest absolute Gasteiger partial charge is 0.353 e. The first-order valence-electron chi connectivity index (χ1n) is 9.29. The van der Waals surface area contributed by atoms with E-state index < -0.39 is 0 Å². The van der Waals surface area contributed by atoms with Crippen molar-refractivity contribution < 1.29 is 9.59 Å². The molecule has 4 nitrogen and oxygen atoms in total. The average molecular weight is 346 g/mol. The quantitative estimate of drug-likeness (QED) is 0.777. The highest BCUT2D eigenvalue weighted by molar-refractivity contribution is 7.08. The zero-order valence-electron chi connectivity index (χ0n) is 14.0. The molecule has 4 aliphatic carbocycles. The summed E-state index contributed by atoms with van der Waals surface area (Å²) < 4.78 is 0. The van der Waals surface area contributed by atoms with Crippen molar-refractivity contribution in [2.45, 2.75) is 51.0 Å². The van der Waals surface area contributed by atoms with Crippen molar-refractivity contribution in [3.05, 3.63) is 22.4 Å². The minimum atomic E-state index is -0.0438. The van der Waals surface area contributed by atoms with Crippen LogP contribution < -0.4 is 10.6 Å². The Hall–Kier alpha value is -1.36. The van der Waals surface area contributed by atoms with E-state index in [0.29, 0.717) is 31.0 Å². The molecule has 0 aliphatic heterocycles. The summed E-state index contributed by atoms with van der Waals surface area (Å²) in [6.07, 6.45) is 7.96. The van der Waals surface area contributed by atoms with Crippen LogP contribution in [0.4, 0.5) is 0 Å². The Labute approximate surface area is 147 Å². The summed E-state index contributed by atoms with van der Waals surface area (Å²) in [6, 6.07) is 2.24. The highest BCUT2D eigenvalue weighted by Gasteiger charge is 2.48.